The Labute approximate surface area is 125 Å². The van der Waals surface area contributed by atoms with Gasteiger partial charge >= 0.3 is 0 Å². The summed E-state index contributed by atoms with van der Waals surface area (Å²) in [5.41, 5.74) is 2.24. The van der Waals surface area contributed by atoms with Crippen LogP contribution in [0.4, 0.5) is 0 Å². The van der Waals surface area contributed by atoms with Gasteiger partial charge in [-0.2, -0.15) is 0 Å². The van der Waals surface area contributed by atoms with Gasteiger partial charge in [0.1, 0.15) is 0 Å². The molecule has 0 bridgehead atoms. The fourth-order valence-electron chi connectivity index (χ4n) is 2.52. The molecular formula is C16H22N2O3. The number of hydrogen-bond donors (Lipinski definition) is 1. The highest BCUT2D eigenvalue weighted by molar-refractivity contribution is 5.89. The van der Waals surface area contributed by atoms with E-state index in [9.17, 15) is 9.59 Å². The maximum atomic E-state index is 12.1. The summed E-state index contributed by atoms with van der Waals surface area (Å²) in [6, 6.07) is 8.03. The van der Waals surface area contributed by atoms with Gasteiger partial charge in [0.25, 0.3) is 0 Å². The molecule has 5 heteroatoms. The molecule has 2 amide bonds. The van der Waals surface area contributed by atoms with Crippen molar-refractivity contribution in [2.45, 2.75) is 19.9 Å². The van der Waals surface area contributed by atoms with E-state index in [0.29, 0.717) is 32.7 Å². The molecule has 2 rings (SSSR count). The number of nitrogens with zero attached hydrogens (tertiary/aromatic N) is 1. The van der Waals surface area contributed by atoms with Crippen LogP contribution in [0.5, 0.6) is 0 Å². The van der Waals surface area contributed by atoms with Gasteiger partial charge in [-0.05, 0) is 12.5 Å². The Kier molecular flexibility index (Phi) is 5.33. The molecule has 1 aliphatic rings. The molecule has 1 aromatic rings. The Morgan fingerprint density at radius 3 is 3.00 bits per heavy atom. The third-order valence-corrected chi connectivity index (χ3v) is 3.70. The fourth-order valence-corrected chi connectivity index (χ4v) is 2.52. The van der Waals surface area contributed by atoms with Crippen LogP contribution in [0.1, 0.15) is 17.5 Å². The first kappa shape index (κ1) is 15.5. The van der Waals surface area contributed by atoms with Crippen molar-refractivity contribution < 1.29 is 14.3 Å². The molecule has 0 aliphatic carbocycles. The van der Waals surface area contributed by atoms with Gasteiger partial charge in [0, 0.05) is 33.2 Å². The van der Waals surface area contributed by atoms with E-state index in [1.54, 1.807) is 12.0 Å². The molecular weight excluding hydrogens is 268 g/mol. The number of carbonyl (C=O) groups is 2. The van der Waals surface area contributed by atoms with E-state index < -0.39 is 0 Å². The lowest BCUT2D eigenvalue weighted by Gasteiger charge is -2.15. The lowest BCUT2D eigenvalue weighted by Crippen LogP contribution is -2.33. The van der Waals surface area contributed by atoms with Gasteiger partial charge in [0.05, 0.1) is 12.5 Å². The topological polar surface area (TPSA) is 58.6 Å². The van der Waals surface area contributed by atoms with Gasteiger partial charge in [0.15, 0.2) is 0 Å². The number of amides is 2. The van der Waals surface area contributed by atoms with Crippen LogP contribution in [0.3, 0.4) is 0 Å². The largest absolute Gasteiger partial charge is 0.383 e. The second kappa shape index (κ2) is 7.22. The van der Waals surface area contributed by atoms with E-state index in [1.165, 1.54) is 5.56 Å². The fraction of sp³-hybridized carbons (Fsp3) is 0.500. The first-order valence-corrected chi connectivity index (χ1v) is 7.20. The average Bonchev–Trinajstić information content (AvgIpc) is 2.84. The van der Waals surface area contributed by atoms with E-state index in [2.05, 4.69) is 5.32 Å². The summed E-state index contributed by atoms with van der Waals surface area (Å²) in [5.74, 6) is -0.272. The highest BCUT2D eigenvalue weighted by Crippen LogP contribution is 2.17. The van der Waals surface area contributed by atoms with Crippen molar-refractivity contribution in [2.75, 3.05) is 26.8 Å². The molecule has 1 aromatic carbocycles. The summed E-state index contributed by atoms with van der Waals surface area (Å²) < 4.78 is 4.97. The van der Waals surface area contributed by atoms with Crippen LogP contribution in [0.2, 0.25) is 0 Å². The Morgan fingerprint density at radius 1 is 1.48 bits per heavy atom. The standard InChI is InChI=1S/C16H22N2O3/c1-12-4-3-5-13(8-12)10-17-16(20)14-9-15(19)18(11-14)6-7-21-2/h3-5,8,14H,6-7,9-11H2,1-2H3,(H,17,20). The van der Waals surface area contributed by atoms with Crippen LogP contribution in [0.15, 0.2) is 24.3 Å². The maximum absolute atomic E-state index is 12.1. The minimum Gasteiger partial charge on any atom is -0.383 e. The molecule has 1 unspecified atom stereocenters. The van der Waals surface area contributed by atoms with Gasteiger partial charge in [-0.15, -0.1) is 0 Å². The van der Waals surface area contributed by atoms with Gasteiger partial charge in [-0.25, -0.2) is 0 Å². The Balaban J connectivity index is 1.83. The van der Waals surface area contributed by atoms with Crippen molar-refractivity contribution in [3.63, 3.8) is 0 Å². The summed E-state index contributed by atoms with van der Waals surface area (Å²) in [4.78, 5) is 25.6. The zero-order valence-corrected chi connectivity index (χ0v) is 12.6. The highest BCUT2D eigenvalue weighted by atomic mass is 16.5. The third kappa shape index (κ3) is 4.29. The number of benzene rings is 1. The van der Waals surface area contributed by atoms with Crippen LogP contribution in [0, 0.1) is 12.8 Å². The van der Waals surface area contributed by atoms with Crippen LogP contribution in [0.25, 0.3) is 0 Å². The minimum absolute atomic E-state index is 0.0303. The van der Waals surface area contributed by atoms with E-state index in [4.69, 9.17) is 4.74 Å². The lowest BCUT2D eigenvalue weighted by atomic mass is 10.1. The number of methoxy groups -OCH3 is 1. The summed E-state index contributed by atoms with van der Waals surface area (Å²) in [6.07, 6.45) is 0.295. The molecule has 0 saturated carbocycles. The van der Waals surface area contributed by atoms with Gasteiger partial charge in [-0.3, -0.25) is 9.59 Å². The van der Waals surface area contributed by atoms with Crippen LogP contribution < -0.4 is 5.32 Å². The molecule has 21 heavy (non-hydrogen) atoms. The zero-order chi connectivity index (χ0) is 15.2. The van der Waals surface area contributed by atoms with Crippen molar-refractivity contribution in [1.29, 1.82) is 0 Å². The molecule has 5 nitrogen and oxygen atoms in total. The van der Waals surface area contributed by atoms with Gasteiger partial charge < -0.3 is 15.0 Å². The molecule has 0 radical (unpaired) electrons. The predicted molar refractivity (Wildman–Crippen MR) is 79.6 cm³/mol. The minimum atomic E-state index is -0.251. The normalized spacial score (nSPS) is 18.1. The van der Waals surface area contributed by atoms with Crippen LogP contribution >= 0.6 is 0 Å². The zero-order valence-electron chi connectivity index (χ0n) is 12.6. The molecule has 1 aliphatic heterocycles. The van der Waals surface area contributed by atoms with Crippen LogP contribution in [-0.4, -0.2) is 43.5 Å². The van der Waals surface area contributed by atoms with Gasteiger partial charge in [-0.1, -0.05) is 29.8 Å². The van der Waals surface area contributed by atoms with E-state index in [0.717, 1.165) is 5.56 Å². The smallest absolute Gasteiger partial charge is 0.225 e. The second-order valence-electron chi connectivity index (χ2n) is 5.44. The molecule has 0 aromatic heterocycles. The molecule has 1 heterocycles. The monoisotopic (exact) mass is 290 g/mol. The number of aryl methyl sites for hydroxylation is 1. The molecule has 1 fully saturated rings. The van der Waals surface area contributed by atoms with E-state index >= 15 is 0 Å². The molecule has 1 N–H and O–H groups in total. The quantitative estimate of drug-likeness (QED) is 0.853. The van der Waals surface area contributed by atoms with E-state index in [1.807, 2.05) is 31.2 Å². The second-order valence-corrected chi connectivity index (χ2v) is 5.44. The first-order valence-electron chi connectivity index (χ1n) is 7.20. The maximum Gasteiger partial charge on any atom is 0.225 e. The molecule has 1 saturated heterocycles. The Morgan fingerprint density at radius 2 is 2.29 bits per heavy atom. The number of hydrogen-bond acceptors (Lipinski definition) is 3. The van der Waals surface area contributed by atoms with Crippen LogP contribution in [-0.2, 0) is 20.9 Å². The molecule has 114 valence electrons. The van der Waals surface area contributed by atoms with Crippen molar-refractivity contribution in [1.82, 2.24) is 10.2 Å². The Hall–Kier alpha value is -1.88. The van der Waals surface area contributed by atoms with Crippen molar-refractivity contribution in [3.05, 3.63) is 35.4 Å². The molecule has 1 atom stereocenters. The molecule has 0 spiro atoms. The van der Waals surface area contributed by atoms with E-state index in [-0.39, 0.29) is 17.7 Å². The lowest BCUT2D eigenvalue weighted by molar-refractivity contribution is -0.129. The van der Waals surface area contributed by atoms with Crippen molar-refractivity contribution in [2.24, 2.45) is 5.92 Å². The Bertz CT molecular complexity index is 516. The van der Waals surface area contributed by atoms with Crippen molar-refractivity contribution in [3.8, 4) is 0 Å². The number of nitrogens with one attached hydrogen (secondary N) is 1. The SMILES string of the molecule is COCCN1CC(C(=O)NCc2cccc(C)c2)CC1=O. The number of carbonyl (C=O) groups excluding carboxylic acids is 2. The summed E-state index contributed by atoms with van der Waals surface area (Å²) in [6.45, 7) is 4.07. The summed E-state index contributed by atoms with van der Waals surface area (Å²) in [5, 5.41) is 2.92. The predicted octanol–water partition coefficient (Wildman–Crippen LogP) is 1.11. The number of rotatable bonds is 6. The van der Waals surface area contributed by atoms with Gasteiger partial charge in [0.2, 0.25) is 11.8 Å². The summed E-state index contributed by atoms with van der Waals surface area (Å²) >= 11 is 0. The number of ether oxygens (including phenoxy) is 1. The van der Waals surface area contributed by atoms with Crippen molar-refractivity contribution >= 4 is 11.8 Å². The summed E-state index contributed by atoms with van der Waals surface area (Å²) in [7, 11) is 1.60. The highest BCUT2D eigenvalue weighted by Gasteiger charge is 2.33. The average molecular weight is 290 g/mol. The number of likely N-dealkylation sites (tertiary alicyclic amines) is 1. The first-order chi connectivity index (χ1) is 10.1. The third-order valence-electron chi connectivity index (χ3n) is 3.70.